The Hall–Kier alpha value is -1.30. The first-order valence-electron chi connectivity index (χ1n) is 4.63. The SMILES string of the molecule is CC(C)(C)OC(=O)N1CC(O)C1C(=O)O. The van der Waals surface area contributed by atoms with Crippen LogP contribution in [0.25, 0.3) is 0 Å². The van der Waals surface area contributed by atoms with Crippen molar-refractivity contribution in [1.82, 2.24) is 4.90 Å². The first-order chi connectivity index (χ1) is 6.72. The maximum atomic E-state index is 11.4. The molecule has 1 aliphatic heterocycles. The summed E-state index contributed by atoms with van der Waals surface area (Å²) in [5, 5.41) is 17.9. The minimum Gasteiger partial charge on any atom is -0.480 e. The zero-order valence-corrected chi connectivity index (χ0v) is 8.93. The Labute approximate surface area is 87.4 Å². The fourth-order valence-corrected chi connectivity index (χ4v) is 1.29. The van der Waals surface area contributed by atoms with E-state index in [4.69, 9.17) is 14.9 Å². The molecule has 0 bridgehead atoms. The van der Waals surface area contributed by atoms with Crippen LogP contribution < -0.4 is 0 Å². The summed E-state index contributed by atoms with van der Waals surface area (Å²) in [4.78, 5) is 23.1. The molecule has 0 aromatic rings. The van der Waals surface area contributed by atoms with Gasteiger partial charge in [0.15, 0.2) is 6.04 Å². The van der Waals surface area contributed by atoms with Crippen LogP contribution in [0.2, 0.25) is 0 Å². The summed E-state index contributed by atoms with van der Waals surface area (Å²) in [6, 6.07) is -1.18. The van der Waals surface area contributed by atoms with Crippen molar-refractivity contribution in [2.45, 2.75) is 38.5 Å². The van der Waals surface area contributed by atoms with Gasteiger partial charge in [-0.3, -0.25) is 4.90 Å². The summed E-state index contributed by atoms with van der Waals surface area (Å²) in [5.74, 6) is -1.22. The molecule has 0 aliphatic carbocycles. The molecule has 1 saturated heterocycles. The number of hydrogen-bond acceptors (Lipinski definition) is 4. The molecule has 0 radical (unpaired) electrons. The minimum absolute atomic E-state index is 0.00583. The Bertz CT molecular complexity index is 283. The fraction of sp³-hybridized carbons (Fsp3) is 0.778. The highest BCUT2D eigenvalue weighted by molar-refractivity contribution is 5.83. The zero-order valence-electron chi connectivity index (χ0n) is 8.93. The number of carbonyl (C=O) groups is 2. The summed E-state index contributed by atoms with van der Waals surface area (Å²) in [6.07, 6.45) is -1.71. The lowest BCUT2D eigenvalue weighted by Crippen LogP contribution is -2.66. The molecular formula is C9H15NO5. The summed E-state index contributed by atoms with van der Waals surface area (Å²) in [5.41, 5.74) is -0.666. The van der Waals surface area contributed by atoms with E-state index in [-0.39, 0.29) is 6.54 Å². The second kappa shape index (κ2) is 3.69. The number of carboxylic acid groups (broad SMARTS) is 1. The van der Waals surface area contributed by atoms with Crippen molar-refractivity contribution >= 4 is 12.1 Å². The van der Waals surface area contributed by atoms with Crippen molar-refractivity contribution in [3.63, 3.8) is 0 Å². The van der Waals surface area contributed by atoms with Gasteiger partial charge in [0.05, 0.1) is 6.54 Å². The number of likely N-dealkylation sites (tertiary alicyclic amines) is 1. The van der Waals surface area contributed by atoms with Crippen molar-refractivity contribution in [3.05, 3.63) is 0 Å². The number of aliphatic hydroxyl groups is 1. The van der Waals surface area contributed by atoms with Crippen molar-refractivity contribution in [3.8, 4) is 0 Å². The van der Waals surface area contributed by atoms with Gasteiger partial charge in [-0.25, -0.2) is 9.59 Å². The van der Waals surface area contributed by atoms with E-state index >= 15 is 0 Å². The fourth-order valence-electron chi connectivity index (χ4n) is 1.29. The van der Waals surface area contributed by atoms with Gasteiger partial charge in [-0.2, -0.15) is 0 Å². The van der Waals surface area contributed by atoms with Gasteiger partial charge >= 0.3 is 12.1 Å². The molecule has 2 N–H and O–H groups in total. The molecule has 2 unspecified atom stereocenters. The topological polar surface area (TPSA) is 87.1 Å². The maximum Gasteiger partial charge on any atom is 0.411 e. The average molecular weight is 217 g/mol. The molecule has 1 fully saturated rings. The van der Waals surface area contributed by atoms with Gasteiger partial charge in [0.1, 0.15) is 11.7 Å². The van der Waals surface area contributed by atoms with Crippen LogP contribution in [-0.2, 0) is 9.53 Å². The third kappa shape index (κ3) is 2.59. The van der Waals surface area contributed by atoms with E-state index in [9.17, 15) is 9.59 Å². The van der Waals surface area contributed by atoms with Crippen LogP contribution in [0.4, 0.5) is 4.79 Å². The Morgan fingerprint density at radius 2 is 1.93 bits per heavy atom. The number of amides is 1. The molecule has 0 spiro atoms. The third-order valence-corrected chi connectivity index (χ3v) is 1.97. The summed E-state index contributed by atoms with van der Waals surface area (Å²) in [7, 11) is 0. The predicted molar refractivity (Wildman–Crippen MR) is 50.4 cm³/mol. The molecule has 0 aromatic heterocycles. The summed E-state index contributed by atoms with van der Waals surface area (Å²) < 4.78 is 4.98. The highest BCUT2D eigenvalue weighted by Gasteiger charge is 2.47. The quantitative estimate of drug-likeness (QED) is 0.648. The van der Waals surface area contributed by atoms with Crippen LogP contribution in [0.15, 0.2) is 0 Å². The highest BCUT2D eigenvalue weighted by atomic mass is 16.6. The van der Waals surface area contributed by atoms with E-state index in [0.29, 0.717) is 0 Å². The number of aliphatic carboxylic acids is 1. The normalized spacial score (nSPS) is 25.7. The van der Waals surface area contributed by atoms with E-state index in [2.05, 4.69) is 0 Å². The Morgan fingerprint density at radius 3 is 2.27 bits per heavy atom. The molecule has 6 nitrogen and oxygen atoms in total. The van der Waals surface area contributed by atoms with Crippen LogP contribution in [0.3, 0.4) is 0 Å². The van der Waals surface area contributed by atoms with Crippen LogP contribution in [-0.4, -0.2) is 51.5 Å². The van der Waals surface area contributed by atoms with Gasteiger partial charge in [-0.15, -0.1) is 0 Å². The van der Waals surface area contributed by atoms with Crippen molar-refractivity contribution in [2.75, 3.05) is 6.54 Å². The number of rotatable bonds is 1. The first-order valence-corrected chi connectivity index (χ1v) is 4.63. The molecule has 0 aromatic carbocycles. The van der Waals surface area contributed by atoms with Crippen LogP contribution in [0, 0.1) is 0 Å². The van der Waals surface area contributed by atoms with Crippen LogP contribution in [0.1, 0.15) is 20.8 Å². The Kier molecular flexibility index (Phi) is 2.90. The van der Waals surface area contributed by atoms with Crippen LogP contribution >= 0.6 is 0 Å². The molecule has 6 heteroatoms. The van der Waals surface area contributed by atoms with Crippen molar-refractivity contribution < 1.29 is 24.5 Å². The molecule has 0 saturated carbocycles. The molecular weight excluding hydrogens is 202 g/mol. The number of carbonyl (C=O) groups excluding carboxylic acids is 1. The smallest absolute Gasteiger partial charge is 0.411 e. The van der Waals surface area contributed by atoms with Gasteiger partial charge in [0.25, 0.3) is 0 Å². The van der Waals surface area contributed by atoms with E-state index in [1.165, 1.54) is 0 Å². The lowest BCUT2D eigenvalue weighted by Gasteiger charge is -2.42. The number of aliphatic hydroxyl groups excluding tert-OH is 1. The predicted octanol–water partition coefficient (Wildman–Crippen LogP) is 0.0512. The third-order valence-electron chi connectivity index (χ3n) is 1.97. The number of hydrogen-bond donors (Lipinski definition) is 2. The lowest BCUT2D eigenvalue weighted by molar-refractivity contribution is -0.158. The maximum absolute atomic E-state index is 11.4. The van der Waals surface area contributed by atoms with E-state index in [1.54, 1.807) is 20.8 Å². The number of ether oxygens (including phenoxy) is 1. The largest absolute Gasteiger partial charge is 0.480 e. The second-order valence-corrected chi connectivity index (χ2v) is 4.48. The lowest BCUT2D eigenvalue weighted by atomic mass is 10.0. The first kappa shape index (κ1) is 11.8. The van der Waals surface area contributed by atoms with Gasteiger partial charge < -0.3 is 14.9 Å². The minimum atomic E-state index is -1.22. The standard InChI is InChI=1S/C9H15NO5/c1-9(2,3)15-8(14)10-4-5(11)6(10)7(12)13/h5-6,11H,4H2,1-3H3,(H,12,13). The average Bonchev–Trinajstić information content (AvgIpc) is 1.94. The van der Waals surface area contributed by atoms with Gasteiger partial charge in [-0.05, 0) is 20.8 Å². The van der Waals surface area contributed by atoms with Crippen molar-refractivity contribution in [2.24, 2.45) is 0 Å². The Balaban J connectivity index is 2.59. The van der Waals surface area contributed by atoms with Gasteiger partial charge in [0.2, 0.25) is 0 Å². The molecule has 1 amide bonds. The number of carboxylic acids is 1. The molecule has 1 heterocycles. The number of β-amino-alcohol motifs (C(OH)–C–C–N with tert-alkyl or cyclic N) is 1. The van der Waals surface area contributed by atoms with Crippen molar-refractivity contribution in [1.29, 1.82) is 0 Å². The zero-order chi connectivity index (χ0) is 11.8. The van der Waals surface area contributed by atoms with E-state index in [1.807, 2.05) is 0 Å². The van der Waals surface area contributed by atoms with E-state index < -0.39 is 29.8 Å². The summed E-state index contributed by atoms with van der Waals surface area (Å²) in [6.45, 7) is 5.08. The number of nitrogens with zero attached hydrogens (tertiary/aromatic N) is 1. The summed E-state index contributed by atoms with van der Waals surface area (Å²) >= 11 is 0. The molecule has 1 aliphatic rings. The van der Waals surface area contributed by atoms with Gasteiger partial charge in [-0.1, -0.05) is 0 Å². The molecule has 15 heavy (non-hydrogen) atoms. The monoisotopic (exact) mass is 217 g/mol. The highest BCUT2D eigenvalue weighted by Crippen LogP contribution is 2.21. The molecule has 86 valence electrons. The molecule has 1 rings (SSSR count). The molecule has 2 atom stereocenters. The second-order valence-electron chi connectivity index (χ2n) is 4.48. The Morgan fingerprint density at radius 1 is 1.40 bits per heavy atom. The van der Waals surface area contributed by atoms with Gasteiger partial charge in [0, 0.05) is 0 Å². The van der Waals surface area contributed by atoms with Crippen LogP contribution in [0.5, 0.6) is 0 Å². The van der Waals surface area contributed by atoms with E-state index in [0.717, 1.165) is 4.90 Å².